The molecule has 0 radical (unpaired) electrons. The van der Waals surface area contributed by atoms with Crippen LogP contribution in [0.4, 0.5) is 5.69 Å². The van der Waals surface area contributed by atoms with E-state index in [0.717, 1.165) is 5.56 Å². The number of non-ortho nitro benzene ring substituents is 1. The number of hydrogen-bond acceptors (Lipinski definition) is 4. The summed E-state index contributed by atoms with van der Waals surface area (Å²) in [7, 11) is 0. The summed E-state index contributed by atoms with van der Waals surface area (Å²) in [6.45, 7) is 0.330. The second-order valence-corrected chi connectivity index (χ2v) is 2.59. The molecule has 72 valence electrons. The number of rotatable bonds is 4. The first-order valence-corrected chi connectivity index (χ1v) is 3.98. The highest BCUT2D eigenvalue weighted by atomic mass is 16.6. The first kappa shape index (κ1) is 10.0. The lowest BCUT2D eigenvalue weighted by molar-refractivity contribution is -0.384. The van der Waals surface area contributed by atoms with Crippen molar-refractivity contribution in [2.24, 2.45) is 5.11 Å². The molecule has 1 aromatic carbocycles. The molecule has 0 saturated carbocycles. The maximum Gasteiger partial charge on any atom is 0.269 e. The molecule has 1 rings (SSSR count). The van der Waals surface area contributed by atoms with Gasteiger partial charge in [0, 0.05) is 12.1 Å². The quantitative estimate of drug-likeness (QED) is 0.451. The van der Waals surface area contributed by atoms with Gasteiger partial charge >= 0.3 is 0 Å². The molecule has 14 heavy (non-hydrogen) atoms. The number of nitrogens with one attached hydrogen (secondary N) is 1. The maximum absolute atomic E-state index is 10.3. The first-order valence-electron chi connectivity index (χ1n) is 3.98. The van der Waals surface area contributed by atoms with Crippen LogP contribution in [-0.4, -0.2) is 11.5 Å². The van der Waals surface area contributed by atoms with Crippen LogP contribution in [0.25, 0.3) is 6.08 Å². The molecule has 0 unspecified atom stereocenters. The molecule has 1 N–H and O–H groups in total. The fraction of sp³-hybridized carbons (Fsp3) is 0.111. The fourth-order valence-corrected chi connectivity index (χ4v) is 0.949. The molecule has 0 saturated heterocycles. The zero-order chi connectivity index (χ0) is 10.4. The summed E-state index contributed by atoms with van der Waals surface area (Å²) in [5.74, 6) is 0. The van der Waals surface area contributed by atoms with Gasteiger partial charge < -0.3 is 0 Å². The zero-order valence-electron chi connectivity index (χ0n) is 7.38. The van der Waals surface area contributed by atoms with E-state index in [0.29, 0.717) is 6.54 Å². The van der Waals surface area contributed by atoms with Crippen molar-refractivity contribution >= 4 is 11.8 Å². The van der Waals surface area contributed by atoms with Gasteiger partial charge in [-0.2, -0.15) is 5.11 Å². The minimum atomic E-state index is -0.438. The van der Waals surface area contributed by atoms with Gasteiger partial charge in [0.25, 0.3) is 5.69 Å². The third kappa shape index (κ3) is 2.78. The molecule has 0 amide bonds. The third-order valence-electron chi connectivity index (χ3n) is 1.61. The summed E-state index contributed by atoms with van der Waals surface area (Å²) >= 11 is 0. The van der Waals surface area contributed by atoms with Gasteiger partial charge in [0.05, 0.1) is 11.5 Å². The summed E-state index contributed by atoms with van der Waals surface area (Å²) in [5, 5.41) is 13.5. The highest BCUT2D eigenvalue weighted by Crippen LogP contribution is 2.12. The van der Waals surface area contributed by atoms with Crippen molar-refractivity contribution in [1.82, 2.24) is 0 Å². The Hall–Kier alpha value is -2.04. The summed E-state index contributed by atoms with van der Waals surface area (Å²) < 4.78 is 0. The molecular formula is C9H9N3O2. The minimum absolute atomic E-state index is 0.0762. The van der Waals surface area contributed by atoms with Crippen LogP contribution in [0.3, 0.4) is 0 Å². The fourth-order valence-electron chi connectivity index (χ4n) is 0.949. The van der Waals surface area contributed by atoms with E-state index in [-0.39, 0.29) is 5.69 Å². The van der Waals surface area contributed by atoms with E-state index >= 15 is 0 Å². The summed E-state index contributed by atoms with van der Waals surface area (Å²) in [5.41, 5.74) is 7.48. The second-order valence-electron chi connectivity index (χ2n) is 2.59. The van der Waals surface area contributed by atoms with E-state index in [4.69, 9.17) is 5.53 Å². The number of nitro groups is 1. The van der Waals surface area contributed by atoms with E-state index in [1.54, 1.807) is 24.3 Å². The first-order chi connectivity index (χ1) is 6.74. The Morgan fingerprint density at radius 2 is 2.07 bits per heavy atom. The van der Waals surface area contributed by atoms with Crippen LogP contribution >= 0.6 is 0 Å². The minimum Gasteiger partial charge on any atom is -0.258 e. The van der Waals surface area contributed by atoms with E-state index in [1.807, 2.05) is 0 Å². The molecule has 0 fully saturated rings. The normalized spacial score (nSPS) is 10.3. The van der Waals surface area contributed by atoms with Crippen molar-refractivity contribution in [2.45, 2.75) is 0 Å². The number of hydrogen-bond donors (Lipinski definition) is 1. The van der Waals surface area contributed by atoms with Gasteiger partial charge in [0.2, 0.25) is 0 Å². The monoisotopic (exact) mass is 191 g/mol. The topological polar surface area (TPSA) is 79.3 Å². The van der Waals surface area contributed by atoms with Crippen molar-refractivity contribution in [3.63, 3.8) is 0 Å². The van der Waals surface area contributed by atoms with Gasteiger partial charge in [-0.1, -0.05) is 12.2 Å². The molecule has 1 aromatic rings. The molecule has 0 bridgehead atoms. The largest absolute Gasteiger partial charge is 0.269 e. The van der Waals surface area contributed by atoms with Crippen LogP contribution in [0.1, 0.15) is 5.56 Å². The summed E-state index contributed by atoms with van der Waals surface area (Å²) in [6, 6.07) is 6.19. The number of nitrogens with zero attached hydrogens (tertiary/aromatic N) is 2. The Morgan fingerprint density at radius 1 is 1.43 bits per heavy atom. The van der Waals surface area contributed by atoms with Crippen LogP contribution in [0.2, 0.25) is 0 Å². The molecule has 0 spiro atoms. The standard InChI is InChI=1S/C9H9N3O2/c10-11-7-1-2-8-3-5-9(6-4-8)12(13)14/h1-6,10H,7H2. The average molecular weight is 191 g/mol. The van der Waals surface area contributed by atoms with Crippen molar-refractivity contribution in [1.29, 1.82) is 5.53 Å². The van der Waals surface area contributed by atoms with Gasteiger partial charge in [-0.15, -0.1) is 0 Å². The third-order valence-corrected chi connectivity index (χ3v) is 1.61. The molecule has 0 aromatic heterocycles. The van der Waals surface area contributed by atoms with Crippen LogP contribution in [0, 0.1) is 15.6 Å². The Bertz CT molecular complexity index is 357. The van der Waals surface area contributed by atoms with Gasteiger partial charge in [-0.05, 0) is 17.7 Å². The van der Waals surface area contributed by atoms with Gasteiger partial charge in [-0.3, -0.25) is 10.1 Å². The van der Waals surface area contributed by atoms with Crippen LogP contribution in [0.15, 0.2) is 35.5 Å². The molecule has 5 nitrogen and oxygen atoms in total. The number of benzene rings is 1. The molecular weight excluding hydrogens is 182 g/mol. The number of nitro benzene ring substituents is 1. The maximum atomic E-state index is 10.3. The molecule has 0 aliphatic rings. The SMILES string of the molecule is N=NCC=Cc1ccc([N+](=O)[O-])cc1. The van der Waals surface area contributed by atoms with E-state index in [1.165, 1.54) is 12.1 Å². The Kier molecular flexibility index (Phi) is 3.49. The Morgan fingerprint density at radius 3 is 2.57 bits per heavy atom. The highest BCUT2D eigenvalue weighted by Gasteiger charge is 2.01. The molecule has 0 heterocycles. The molecule has 0 aliphatic carbocycles. The van der Waals surface area contributed by atoms with E-state index in [9.17, 15) is 10.1 Å². The predicted octanol–water partition coefficient (Wildman–Crippen LogP) is 2.64. The van der Waals surface area contributed by atoms with Crippen molar-refractivity contribution in [3.8, 4) is 0 Å². The lowest BCUT2D eigenvalue weighted by atomic mass is 10.2. The zero-order valence-corrected chi connectivity index (χ0v) is 7.38. The van der Waals surface area contributed by atoms with Gasteiger partial charge in [0.1, 0.15) is 0 Å². The molecule has 5 heteroatoms. The smallest absolute Gasteiger partial charge is 0.258 e. The van der Waals surface area contributed by atoms with E-state index < -0.39 is 4.92 Å². The van der Waals surface area contributed by atoms with Crippen LogP contribution < -0.4 is 0 Å². The van der Waals surface area contributed by atoms with Crippen LogP contribution in [-0.2, 0) is 0 Å². The predicted molar refractivity (Wildman–Crippen MR) is 52.1 cm³/mol. The van der Waals surface area contributed by atoms with E-state index in [2.05, 4.69) is 5.11 Å². The summed E-state index contributed by atoms with van der Waals surface area (Å²) in [6.07, 6.45) is 3.48. The molecule has 0 atom stereocenters. The lowest BCUT2D eigenvalue weighted by Crippen LogP contribution is -1.86. The molecule has 0 aliphatic heterocycles. The average Bonchev–Trinajstić information content (AvgIpc) is 2.19. The van der Waals surface area contributed by atoms with Crippen molar-refractivity contribution in [3.05, 3.63) is 46.0 Å². The lowest BCUT2D eigenvalue weighted by Gasteiger charge is -1.92. The van der Waals surface area contributed by atoms with Crippen LogP contribution in [0.5, 0.6) is 0 Å². The Balaban J connectivity index is 2.73. The highest BCUT2D eigenvalue weighted by molar-refractivity contribution is 5.51. The summed E-state index contributed by atoms with van der Waals surface area (Å²) in [4.78, 5) is 9.88. The van der Waals surface area contributed by atoms with Gasteiger partial charge in [-0.25, -0.2) is 5.53 Å². The van der Waals surface area contributed by atoms with Gasteiger partial charge in [0.15, 0.2) is 0 Å². The van der Waals surface area contributed by atoms with Crippen molar-refractivity contribution < 1.29 is 4.92 Å². The Labute approximate surface area is 80.7 Å². The second kappa shape index (κ2) is 4.86. The van der Waals surface area contributed by atoms with Crippen molar-refractivity contribution in [2.75, 3.05) is 6.54 Å².